The number of phenols is 1. The number of ether oxygens (including phenoxy) is 1. The van der Waals surface area contributed by atoms with E-state index in [-0.39, 0.29) is 24.5 Å². The summed E-state index contributed by atoms with van der Waals surface area (Å²) in [6.45, 7) is -0.113. The molecule has 0 saturated heterocycles. The molecule has 0 fully saturated rings. The van der Waals surface area contributed by atoms with Crippen LogP contribution in [0.4, 0.5) is 4.79 Å². The Kier molecular flexibility index (Phi) is 6.60. The second kappa shape index (κ2) is 8.68. The van der Waals surface area contributed by atoms with Gasteiger partial charge in [0, 0.05) is 12.1 Å². The molecule has 0 heterocycles. The third-order valence-electron chi connectivity index (χ3n) is 3.37. The maximum absolute atomic E-state index is 11.6. The number of rotatable bonds is 6. The molecule has 2 aromatic carbocycles. The average Bonchev–Trinajstić information content (AvgIpc) is 2.60. The highest BCUT2D eigenvalue weighted by atomic mass is 79.9. The van der Waals surface area contributed by atoms with Gasteiger partial charge in [0.1, 0.15) is 24.6 Å². The van der Waals surface area contributed by atoms with E-state index in [9.17, 15) is 20.1 Å². The number of halogens is 1. The predicted octanol–water partition coefficient (Wildman–Crippen LogP) is 2.48. The van der Waals surface area contributed by atoms with Crippen LogP contribution in [0.3, 0.4) is 0 Å². The Morgan fingerprint density at radius 2 is 1.83 bits per heavy atom. The maximum atomic E-state index is 11.6. The topological polar surface area (TPSA) is 99.0 Å². The number of alkyl carbamates (subject to hydrolysis) is 1. The molecular weight excluding hydrogens is 378 g/mol. The standard InChI is InChI=1S/C17H18BrNO5/c18-13-8-4-7-12(15(13)21)16(22)14(20)9-19-17(23)24-10-11-5-2-1-3-6-11/h1-8,14,16,20-22H,9-10H2,(H,19,23). The Labute approximate surface area is 147 Å². The van der Waals surface area contributed by atoms with Crippen molar-refractivity contribution in [2.75, 3.05) is 6.54 Å². The normalized spacial score (nSPS) is 13.1. The van der Waals surface area contributed by atoms with Crippen LogP contribution in [-0.2, 0) is 11.3 Å². The smallest absolute Gasteiger partial charge is 0.407 e. The summed E-state index contributed by atoms with van der Waals surface area (Å²) >= 11 is 3.14. The minimum absolute atomic E-state index is 0.109. The van der Waals surface area contributed by atoms with E-state index < -0.39 is 18.3 Å². The molecule has 2 unspecified atom stereocenters. The number of aromatic hydroxyl groups is 1. The van der Waals surface area contributed by atoms with E-state index in [2.05, 4.69) is 21.2 Å². The number of hydrogen-bond donors (Lipinski definition) is 4. The second-order valence-electron chi connectivity index (χ2n) is 5.13. The van der Waals surface area contributed by atoms with Crippen LogP contribution in [0.5, 0.6) is 5.75 Å². The van der Waals surface area contributed by atoms with E-state index in [0.717, 1.165) is 5.56 Å². The van der Waals surface area contributed by atoms with Gasteiger partial charge in [-0.1, -0.05) is 42.5 Å². The van der Waals surface area contributed by atoms with Gasteiger partial charge >= 0.3 is 6.09 Å². The summed E-state index contributed by atoms with van der Waals surface area (Å²) in [5.74, 6) is -0.157. The predicted molar refractivity (Wildman–Crippen MR) is 91.4 cm³/mol. The van der Waals surface area contributed by atoms with Crippen LogP contribution in [0, 0.1) is 0 Å². The van der Waals surface area contributed by atoms with Gasteiger partial charge < -0.3 is 25.4 Å². The minimum Gasteiger partial charge on any atom is -0.506 e. The first kappa shape index (κ1) is 18.3. The highest BCUT2D eigenvalue weighted by molar-refractivity contribution is 9.10. The lowest BCUT2D eigenvalue weighted by Crippen LogP contribution is -2.35. The van der Waals surface area contributed by atoms with Gasteiger partial charge in [-0.05, 0) is 27.6 Å². The molecule has 1 amide bonds. The lowest BCUT2D eigenvalue weighted by Gasteiger charge is -2.19. The third kappa shape index (κ3) is 4.95. The van der Waals surface area contributed by atoms with Gasteiger partial charge in [0.05, 0.1) is 4.47 Å². The number of nitrogens with one attached hydrogen (secondary N) is 1. The van der Waals surface area contributed by atoms with Crippen LogP contribution < -0.4 is 5.32 Å². The highest BCUT2D eigenvalue weighted by Crippen LogP contribution is 2.32. The van der Waals surface area contributed by atoms with E-state index >= 15 is 0 Å². The van der Waals surface area contributed by atoms with Crippen LogP contribution in [0.2, 0.25) is 0 Å². The molecule has 0 aliphatic rings. The summed E-state index contributed by atoms with van der Waals surface area (Å²) in [7, 11) is 0. The number of para-hydroxylation sites is 1. The monoisotopic (exact) mass is 395 g/mol. The Bertz CT molecular complexity index is 680. The molecule has 0 spiro atoms. The fourth-order valence-electron chi connectivity index (χ4n) is 2.05. The SMILES string of the molecule is O=C(NCC(O)C(O)c1cccc(Br)c1O)OCc1ccccc1. The van der Waals surface area contributed by atoms with Crippen molar-refractivity contribution in [1.29, 1.82) is 0 Å². The zero-order valence-electron chi connectivity index (χ0n) is 12.7. The van der Waals surface area contributed by atoms with Crippen molar-refractivity contribution in [3.63, 3.8) is 0 Å². The molecular formula is C17H18BrNO5. The Morgan fingerprint density at radius 1 is 1.12 bits per heavy atom. The van der Waals surface area contributed by atoms with Crippen LogP contribution in [0.15, 0.2) is 53.0 Å². The molecule has 2 atom stereocenters. The van der Waals surface area contributed by atoms with Crippen LogP contribution in [0.1, 0.15) is 17.2 Å². The number of amides is 1. The molecule has 2 aromatic rings. The molecule has 128 valence electrons. The van der Waals surface area contributed by atoms with Crippen LogP contribution >= 0.6 is 15.9 Å². The van der Waals surface area contributed by atoms with Crippen molar-refractivity contribution in [3.8, 4) is 5.75 Å². The summed E-state index contributed by atoms with van der Waals surface area (Å²) < 4.78 is 5.41. The summed E-state index contributed by atoms with van der Waals surface area (Å²) in [5.41, 5.74) is 1.00. The van der Waals surface area contributed by atoms with Gasteiger partial charge in [0.2, 0.25) is 0 Å². The first-order valence-corrected chi connectivity index (χ1v) is 8.06. The van der Waals surface area contributed by atoms with E-state index in [1.54, 1.807) is 12.1 Å². The molecule has 2 rings (SSSR count). The van der Waals surface area contributed by atoms with Crippen LogP contribution in [0.25, 0.3) is 0 Å². The van der Waals surface area contributed by atoms with Crippen molar-refractivity contribution in [2.45, 2.75) is 18.8 Å². The number of hydrogen-bond acceptors (Lipinski definition) is 5. The number of carbonyl (C=O) groups excluding carboxylic acids is 1. The van der Waals surface area contributed by atoms with E-state index in [0.29, 0.717) is 4.47 Å². The molecule has 0 radical (unpaired) electrons. The van der Waals surface area contributed by atoms with Gasteiger partial charge in [0.15, 0.2) is 0 Å². The average molecular weight is 396 g/mol. The second-order valence-corrected chi connectivity index (χ2v) is 5.99. The Hall–Kier alpha value is -2.09. The summed E-state index contributed by atoms with van der Waals surface area (Å²) in [5, 5.41) is 32.3. The van der Waals surface area contributed by atoms with Crippen molar-refractivity contribution >= 4 is 22.0 Å². The van der Waals surface area contributed by atoms with Gasteiger partial charge in [-0.25, -0.2) is 4.79 Å². The number of aliphatic hydroxyl groups is 2. The maximum Gasteiger partial charge on any atom is 0.407 e. The largest absolute Gasteiger partial charge is 0.506 e. The lowest BCUT2D eigenvalue weighted by molar-refractivity contribution is 0.0171. The lowest BCUT2D eigenvalue weighted by atomic mass is 10.0. The number of aliphatic hydroxyl groups excluding tert-OH is 2. The van der Waals surface area contributed by atoms with Gasteiger partial charge in [-0.3, -0.25) is 0 Å². The molecule has 24 heavy (non-hydrogen) atoms. The molecule has 7 heteroatoms. The highest BCUT2D eigenvalue weighted by Gasteiger charge is 2.23. The van der Waals surface area contributed by atoms with Crippen molar-refractivity contribution < 1.29 is 24.9 Å². The molecule has 0 saturated carbocycles. The van der Waals surface area contributed by atoms with E-state index in [1.807, 2.05) is 30.3 Å². The first-order valence-electron chi connectivity index (χ1n) is 7.27. The quantitative estimate of drug-likeness (QED) is 0.602. The number of benzene rings is 2. The summed E-state index contributed by atoms with van der Waals surface area (Å²) in [6.07, 6.45) is -3.35. The molecule has 4 N–H and O–H groups in total. The molecule has 0 aliphatic carbocycles. The number of carbonyl (C=O) groups is 1. The molecule has 0 bridgehead atoms. The first-order chi connectivity index (χ1) is 11.5. The minimum atomic E-state index is -1.35. The Balaban J connectivity index is 1.82. The van der Waals surface area contributed by atoms with Gasteiger partial charge in [0.25, 0.3) is 0 Å². The fourth-order valence-corrected chi connectivity index (χ4v) is 2.43. The van der Waals surface area contributed by atoms with Crippen molar-refractivity contribution in [1.82, 2.24) is 5.32 Å². The zero-order valence-corrected chi connectivity index (χ0v) is 14.3. The fraction of sp³-hybridized carbons (Fsp3) is 0.235. The van der Waals surface area contributed by atoms with Gasteiger partial charge in [-0.15, -0.1) is 0 Å². The molecule has 0 aliphatic heterocycles. The molecule has 6 nitrogen and oxygen atoms in total. The van der Waals surface area contributed by atoms with Gasteiger partial charge in [-0.2, -0.15) is 0 Å². The van der Waals surface area contributed by atoms with Crippen molar-refractivity contribution in [3.05, 3.63) is 64.1 Å². The third-order valence-corrected chi connectivity index (χ3v) is 4.01. The molecule has 0 aromatic heterocycles. The van der Waals surface area contributed by atoms with Crippen molar-refractivity contribution in [2.24, 2.45) is 0 Å². The van der Waals surface area contributed by atoms with Crippen LogP contribution in [-0.4, -0.2) is 34.1 Å². The summed E-state index contributed by atoms with van der Waals surface area (Å²) in [6, 6.07) is 13.9. The Morgan fingerprint density at radius 3 is 2.54 bits per heavy atom. The van der Waals surface area contributed by atoms with E-state index in [1.165, 1.54) is 6.07 Å². The van der Waals surface area contributed by atoms with E-state index in [4.69, 9.17) is 4.74 Å². The number of phenolic OH excluding ortho intramolecular Hbond substituents is 1. The zero-order chi connectivity index (χ0) is 17.5. The summed E-state index contributed by atoms with van der Waals surface area (Å²) in [4.78, 5) is 11.6.